The van der Waals surface area contributed by atoms with Crippen molar-refractivity contribution in [2.45, 2.75) is 77.8 Å². The molecule has 16 heteroatoms. The minimum Gasteiger partial charge on any atom is -0.399 e. The summed E-state index contributed by atoms with van der Waals surface area (Å²) in [5.41, 5.74) is 12.9. The molecule has 0 bridgehead atoms. The summed E-state index contributed by atoms with van der Waals surface area (Å²) in [6.45, 7) is 16.7. The van der Waals surface area contributed by atoms with Crippen molar-refractivity contribution in [2.24, 2.45) is 0 Å². The van der Waals surface area contributed by atoms with Gasteiger partial charge in [-0.1, -0.05) is 344 Å². The van der Waals surface area contributed by atoms with E-state index in [-0.39, 0.29) is 0 Å². The van der Waals surface area contributed by atoms with E-state index in [1.165, 1.54) is 21.5 Å². The predicted octanol–water partition coefficient (Wildman–Crippen LogP) is 23.9. The fraction of sp³-hybridized carbons (Fsp3) is 0.117. The maximum absolute atomic E-state index is 6.58. The van der Waals surface area contributed by atoms with Crippen LogP contribution in [0.25, 0.3) is 168 Å². The van der Waals surface area contributed by atoms with Crippen LogP contribution in [0.3, 0.4) is 0 Å². The van der Waals surface area contributed by atoms with Gasteiger partial charge in [0.05, 0.1) is 22.4 Å². The van der Waals surface area contributed by atoms with Crippen molar-refractivity contribution in [3.05, 3.63) is 356 Å². The second-order valence-corrected chi connectivity index (χ2v) is 32.6. The molecule has 0 saturated carbocycles. The topological polar surface area (TPSA) is 153 Å². The fourth-order valence-corrected chi connectivity index (χ4v) is 15.8. The summed E-state index contributed by atoms with van der Waals surface area (Å²) >= 11 is 3.52. The highest BCUT2D eigenvalue weighted by atomic mass is 79.9. The van der Waals surface area contributed by atoms with Crippen molar-refractivity contribution >= 4 is 84.2 Å². The predicted molar refractivity (Wildman–Crippen MR) is 488 cm³/mol. The fourth-order valence-electron chi connectivity index (χ4n) is 15.4. The highest BCUT2D eigenvalue weighted by Gasteiger charge is 2.57. The second kappa shape index (κ2) is 32.4. The molecule has 0 spiro atoms. The highest BCUT2D eigenvalue weighted by molar-refractivity contribution is 9.10. The van der Waals surface area contributed by atoms with Gasteiger partial charge in [0.1, 0.15) is 0 Å². The van der Waals surface area contributed by atoms with Crippen LogP contribution in [-0.2, 0) is 18.6 Å². The number of hydrogen-bond donors (Lipinski definition) is 0. The van der Waals surface area contributed by atoms with Gasteiger partial charge in [-0.15, -0.1) is 0 Å². The lowest BCUT2D eigenvalue weighted by Crippen LogP contribution is -2.52. The Bertz CT molecular complexity index is 6270. The average Bonchev–Trinajstić information content (AvgIpc) is 1.69. The van der Waals surface area contributed by atoms with E-state index >= 15 is 0 Å². The monoisotopic (exact) mass is 1610 g/mol. The molecule has 576 valence electrons. The Labute approximate surface area is 701 Å². The number of halogens is 1. The van der Waals surface area contributed by atoms with Gasteiger partial charge in [-0.05, 0) is 156 Å². The van der Waals surface area contributed by atoms with Crippen molar-refractivity contribution < 1.29 is 18.6 Å². The molecule has 2 aliphatic heterocycles. The lowest BCUT2D eigenvalue weighted by Gasteiger charge is -2.32. The zero-order valence-corrected chi connectivity index (χ0v) is 68.8. The third-order valence-corrected chi connectivity index (χ3v) is 23.4. The van der Waals surface area contributed by atoms with Crippen LogP contribution in [0, 0.1) is 0 Å². The Hall–Kier alpha value is -13.2. The van der Waals surface area contributed by atoms with Gasteiger partial charge in [-0.3, -0.25) is 0 Å². The van der Waals surface area contributed by atoms with E-state index in [1.807, 2.05) is 206 Å². The van der Waals surface area contributed by atoms with Crippen LogP contribution >= 0.6 is 15.9 Å². The van der Waals surface area contributed by atoms with Gasteiger partial charge in [0.2, 0.25) is 0 Å². The number of benzene rings is 15. The van der Waals surface area contributed by atoms with E-state index in [0.717, 1.165) is 109 Å². The van der Waals surface area contributed by atoms with Crippen LogP contribution in [-0.4, -0.2) is 81.5 Å². The molecule has 0 aliphatic carbocycles. The summed E-state index contributed by atoms with van der Waals surface area (Å²) in [7, 11) is -1.05. The summed E-state index contributed by atoms with van der Waals surface area (Å²) in [4.78, 5) is 44.3. The normalized spacial score (nSPS) is 14.4. The molecule has 0 atom stereocenters. The van der Waals surface area contributed by atoms with Gasteiger partial charge in [0.25, 0.3) is 0 Å². The molecule has 2 fully saturated rings. The molecule has 119 heavy (non-hydrogen) atoms. The quantitative estimate of drug-likeness (QED) is 0.0796. The SMILES string of the molecule is Brc1cccc(-c2nc(-c3ccccc3)nc(-c3ccccc3)n2)c1.CC1(C)OB(c2c(B3OC(C)(C)C(C)(C)O3)c3ccccc3c3ccccc23)OC1(C)C.c1ccc(-c2nc(-c3ccccc3)nc(-c3cccc(-c4c(-c5cccc(-c6nc(-c7ccccc7)nc(-c7ccccc7)n6)c5)c5ccccc5c5ccccc45)c3)n2)cc1. The maximum Gasteiger partial charge on any atom is 0.495 e. The number of rotatable bonds is 13. The van der Waals surface area contributed by atoms with E-state index in [0.29, 0.717) is 52.4 Å². The van der Waals surface area contributed by atoms with Crippen LogP contribution < -0.4 is 10.9 Å². The average molecular weight is 1610 g/mol. The summed E-state index contributed by atoms with van der Waals surface area (Å²) < 4.78 is 27.3. The Morgan fingerprint density at radius 2 is 0.378 bits per heavy atom. The minimum atomic E-state index is -0.525. The summed E-state index contributed by atoms with van der Waals surface area (Å²) in [5, 5.41) is 9.21. The smallest absolute Gasteiger partial charge is 0.399 e. The van der Waals surface area contributed by atoms with E-state index < -0.39 is 36.6 Å². The maximum atomic E-state index is 6.58. The second-order valence-electron chi connectivity index (χ2n) is 31.7. The van der Waals surface area contributed by atoms with E-state index in [4.69, 9.17) is 58.5 Å². The molecular weight excluding hydrogens is 1530 g/mol. The lowest BCUT2D eigenvalue weighted by atomic mass is 9.61. The molecule has 5 heterocycles. The van der Waals surface area contributed by atoms with Gasteiger partial charge >= 0.3 is 14.2 Å². The Kier molecular flexibility index (Phi) is 21.0. The van der Waals surface area contributed by atoms with Crippen molar-refractivity contribution in [2.75, 3.05) is 0 Å². The van der Waals surface area contributed by atoms with Crippen LogP contribution in [0.1, 0.15) is 55.4 Å². The third kappa shape index (κ3) is 15.6. The van der Waals surface area contributed by atoms with Crippen molar-refractivity contribution in [1.29, 1.82) is 0 Å². The first-order valence-corrected chi connectivity index (χ1v) is 40.8. The van der Waals surface area contributed by atoms with Crippen molar-refractivity contribution in [3.63, 3.8) is 0 Å². The van der Waals surface area contributed by atoms with Crippen LogP contribution in [0.4, 0.5) is 0 Å². The number of fused-ring (bicyclic) bond motifs is 6. The van der Waals surface area contributed by atoms with E-state index in [2.05, 4.69) is 222 Å². The van der Waals surface area contributed by atoms with Crippen LogP contribution in [0.5, 0.6) is 0 Å². The lowest BCUT2D eigenvalue weighted by molar-refractivity contribution is 0.00578. The van der Waals surface area contributed by atoms with E-state index in [9.17, 15) is 0 Å². The molecule has 0 N–H and O–H groups in total. The molecule has 15 aromatic carbocycles. The summed E-state index contributed by atoms with van der Waals surface area (Å²) in [6, 6.07) is 120. The first kappa shape index (κ1) is 77.1. The Morgan fingerprint density at radius 3 is 0.630 bits per heavy atom. The number of hydrogen-bond acceptors (Lipinski definition) is 13. The van der Waals surface area contributed by atoms with Crippen molar-refractivity contribution in [3.8, 4) is 125 Å². The molecule has 2 aliphatic rings. The first-order valence-electron chi connectivity index (χ1n) is 40.0. The van der Waals surface area contributed by atoms with Crippen LogP contribution in [0.15, 0.2) is 356 Å². The van der Waals surface area contributed by atoms with Gasteiger partial charge in [-0.2, -0.15) is 0 Å². The molecule has 2 saturated heterocycles. The molecule has 13 nitrogen and oxygen atoms in total. The number of nitrogens with zero attached hydrogens (tertiary/aromatic N) is 9. The molecule has 18 aromatic rings. The molecule has 20 rings (SSSR count). The standard InChI is InChI=1S/C56H36N6.C26H32B2O4.C21H14BrN3/c1-5-19-37(20-6-1)51-57-52(38-21-7-2-8-22-38)60-55(59-51)43-29-17-27-41(35-43)49-47-33-15-13-31-45(47)46-32-14-16-34-48(46)50(49)42-28-18-30-44(36-42)56-61-53(39-23-9-3-10-24-39)58-54(62-56)40-25-11-4-12-26-40;1-23(2)24(3,4)30-27(29-23)21-19-15-11-9-13-17(19)18-14-10-12-16-20(18)22(21)28-31-25(5,6)26(7,8)32-28;22-18-13-7-12-17(14-18)21-24-19(15-8-3-1-4-9-15)23-20(25-21)16-10-5-2-6-11-16/h1-36H;9-16H,1-8H3;1-14H. The summed E-state index contributed by atoms with van der Waals surface area (Å²) in [5.74, 6) is 5.70. The van der Waals surface area contributed by atoms with Gasteiger partial charge in [0.15, 0.2) is 52.4 Å². The molecule has 0 unspecified atom stereocenters. The molecule has 3 aromatic heterocycles. The zero-order valence-electron chi connectivity index (χ0n) is 67.2. The number of aromatic nitrogens is 9. The highest BCUT2D eigenvalue weighted by Crippen LogP contribution is 2.47. The molecule has 0 amide bonds. The largest absolute Gasteiger partial charge is 0.495 e. The van der Waals surface area contributed by atoms with Gasteiger partial charge in [0, 0.05) is 54.5 Å². The van der Waals surface area contributed by atoms with E-state index in [1.54, 1.807) is 0 Å². The molecule has 0 radical (unpaired) electrons. The van der Waals surface area contributed by atoms with Crippen LogP contribution in [0.2, 0.25) is 0 Å². The zero-order chi connectivity index (χ0) is 81.4. The first-order chi connectivity index (χ1) is 57.9. The summed E-state index contributed by atoms with van der Waals surface area (Å²) in [6.07, 6.45) is 0. The third-order valence-electron chi connectivity index (χ3n) is 22.9. The minimum absolute atomic E-state index is 0.447. The Balaban J connectivity index is 0.000000141. The van der Waals surface area contributed by atoms with Crippen molar-refractivity contribution in [1.82, 2.24) is 44.9 Å². The van der Waals surface area contributed by atoms with Gasteiger partial charge < -0.3 is 18.6 Å². The Morgan fingerprint density at radius 1 is 0.193 bits per heavy atom. The van der Waals surface area contributed by atoms with Gasteiger partial charge in [-0.25, -0.2) is 44.9 Å². The molecular formula is C103H82B2BrN9O4.